The molecule has 4 bridgehead atoms. The Morgan fingerprint density at radius 3 is 2.43 bits per heavy atom. The largest absolute Gasteiger partial charge is 0.383 e. The molecule has 1 saturated heterocycles. The van der Waals surface area contributed by atoms with Gasteiger partial charge in [0.05, 0.1) is 6.61 Å². The first kappa shape index (κ1) is 24.9. The quantitative estimate of drug-likeness (QED) is 0.592. The molecule has 2 aromatic rings. The Kier molecular flexibility index (Phi) is 6.74. The minimum Gasteiger partial charge on any atom is -0.383 e. The average Bonchev–Trinajstić information content (AvgIpc) is 3.32. The first-order valence-electron chi connectivity index (χ1n) is 14.2. The molecule has 0 radical (unpaired) electrons. The van der Waals surface area contributed by atoms with Crippen molar-refractivity contribution >= 4 is 17.5 Å². The Morgan fingerprint density at radius 1 is 1.11 bits per heavy atom. The predicted molar refractivity (Wildman–Crippen MR) is 142 cm³/mol. The Hall–Kier alpha value is -2.45. The fraction of sp³-hybridized carbons (Fsp3) is 0.690. The van der Waals surface area contributed by atoms with E-state index in [-0.39, 0.29) is 23.3 Å². The number of nitrogens with zero attached hydrogens (tertiary/aromatic N) is 4. The van der Waals surface area contributed by atoms with E-state index in [4.69, 9.17) is 4.74 Å². The molecule has 0 aromatic carbocycles. The van der Waals surface area contributed by atoms with Crippen LogP contribution in [-0.2, 0) is 4.74 Å². The summed E-state index contributed by atoms with van der Waals surface area (Å²) in [5.74, 6) is 2.41. The van der Waals surface area contributed by atoms with Gasteiger partial charge in [0, 0.05) is 32.4 Å². The van der Waals surface area contributed by atoms with E-state index in [2.05, 4.69) is 22.2 Å². The van der Waals surface area contributed by atoms with Gasteiger partial charge in [-0.15, -0.1) is 0 Å². The van der Waals surface area contributed by atoms with Crippen molar-refractivity contribution in [1.29, 1.82) is 0 Å². The van der Waals surface area contributed by atoms with Crippen molar-refractivity contribution in [2.45, 2.75) is 57.4 Å². The highest BCUT2D eigenvalue weighted by Gasteiger charge is 2.50. The Balaban J connectivity index is 1.19. The number of pyridine rings is 1. The lowest BCUT2D eigenvalue weighted by Gasteiger charge is -2.56. The number of piperidine rings is 1. The second-order valence-corrected chi connectivity index (χ2v) is 12.4. The molecule has 0 atom stereocenters. The lowest BCUT2D eigenvalue weighted by Crippen LogP contribution is -2.51. The fourth-order valence-corrected chi connectivity index (χ4v) is 8.26. The van der Waals surface area contributed by atoms with Gasteiger partial charge >= 0.3 is 0 Å². The van der Waals surface area contributed by atoms with Gasteiger partial charge in [-0.25, -0.2) is 4.98 Å². The van der Waals surface area contributed by atoms with E-state index in [9.17, 15) is 9.59 Å². The lowest BCUT2D eigenvalue weighted by molar-refractivity contribution is -0.0503. The molecular formula is C29H41N5O3. The molecule has 2 aromatic heterocycles. The number of fused-ring (bicyclic) bond motifs is 1. The number of methoxy groups -OCH3 is 1. The summed E-state index contributed by atoms with van der Waals surface area (Å²) in [4.78, 5) is 35.9. The number of nitrogens with one attached hydrogen (secondary N) is 1. The van der Waals surface area contributed by atoms with Crippen LogP contribution in [0.25, 0.3) is 5.65 Å². The number of rotatable bonds is 8. The molecule has 7 rings (SSSR count). The van der Waals surface area contributed by atoms with Gasteiger partial charge < -0.3 is 19.9 Å². The van der Waals surface area contributed by atoms with Gasteiger partial charge in [0.25, 0.3) is 11.8 Å². The number of carbonyl (C=O) groups is 2. The Morgan fingerprint density at radius 2 is 1.78 bits per heavy atom. The highest BCUT2D eigenvalue weighted by molar-refractivity contribution is 5.95. The number of likely N-dealkylation sites (tertiary alicyclic amines) is 1. The number of carbonyl (C=O) groups excluding carboxylic acids is 2. The minimum atomic E-state index is -0.0878. The third-order valence-electron chi connectivity index (χ3n) is 9.66. The van der Waals surface area contributed by atoms with E-state index in [1.165, 1.54) is 38.5 Å². The average molecular weight is 508 g/mol. The molecule has 4 aliphatic carbocycles. The molecule has 1 aliphatic heterocycles. The van der Waals surface area contributed by atoms with Crippen molar-refractivity contribution in [3.05, 3.63) is 35.8 Å². The van der Waals surface area contributed by atoms with E-state index < -0.39 is 0 Å². The topological polar surface area (TPSA) is 79.2 Å². The molecule has 8 heteroatoms. The summed E-state index contributed by atoms with van der Waals surface area (Å²) in [7, 11) is 3.78. The van der Waals surface area contributed by atoms with Crippen molar-refractivity contribution in [3.8, 4) is 0 Å². The zero-order valence-corrected chi connectivity index (χ0v) is 22.3. The van der Waals surface area contributed by atoms with Gasteiger partial charge in [0.2, 0.25) is 0 Å². The molecule has 0 unspecified atom stereocenters. The summed E-state index contributed by atoms with van der Waals surface area (Å²) >= 11 is 0. The fourth-order valence-electron chi connectivity index (χ4n) is 8.26. The summed E-state index contributed by atoms with van der Waals surface area (Å²) in [5.41, 5.74) is 1.83. The number of ether oxygens (including phenoxy) is 1. The van der Waals surface area contributed by atoms with Crippen molar-refractivity contribution in [3.63, 3.8) is 0 Å². The molecule has 2 amide bonds. The summed E-state index contributed by atoms with van der Waals surface area (Å²) < 4.78 is 7.09. The van der Waals surface area contributed by atoms with Crippen LogP contribution in [0.1, 0.15) is 72.3 Å². The SMILES string of the molecule is COCCN(C(=O)c1cn2c(C(=O)NCC34CC5CC(CC(C5)C3)C4)cccc2n1)C1CCN(C)CC1. The van der Waals surface area contributed by atoms with Crippen LogP contribution in [0.15, 0.2) is 24.4 Å². The summed E-state index contributed by atoms with van der Waals surface area (Å²) in [6, 6.07) is 5.72. The normalized spacial score (nSPS) is 29.6. The van der Waals surface area contributed by atoms with Gasteiger partial charge in [0.15, 0.2) is 0 Å². The van der Waals surface area contributed by atoms with Gasteiger partial charge in [-0.1, -0.05) is 6.07 Å². The molecule has 3 heterocycles. The molecule has 8 nitrogen and oxygen atoms in total. The van der Waals surface area contributed by atoms with Gasteiger partial charge in [0.1, 0.15) is 17.0 Å². The van der Waals surface area contributed by atoms with Gasteiger partial charge in [-0.2, -0.15) is 0 Å². The lowest BCUT2D eigenvalue weighted by atomic mass is 9.49. The molecule has 4 saturated carbocycles. The number of hydrogen-bond acceptors (Lipinski definition) is 5. The third-order valence-corrected chi connectivity index (χ3v) is 9.66. The summed E-state index contributed by atoms with van der Waals surface area (Å²) in [5, 5.41) is 3.29. The monoisotopic (exact) mass is 507 g/mol. The van der Waals surface area contributed by atoms with Crippen LogP contribution in [0.5, 0.6) is 0 Å². The number of amides is 2. The Labute approximate surface area is 219 Å². The first-order valence-corrected chi connectivity index (χ1v) is 14.2. The predicted octanol–water partition coefficient (Wildman–Crippen LogP) is 3.46. The minimum absolute atomic E-state index is 0.0794. The first-order chi connectivity index (χ1) is 17.9. The van der Waals surface area contributed by atoms with E-state index in [1.807, 2.05) is 23.1 Å². The molecule has 37 heavy (non-hydrogen) atoms. The van der Waals surface area contributed by atoms with Crippen LogP contribution in [0.4, 0.5) is 0 Å². The smallest absolute Gasteiger partial charge is 0.274 e. The highest BCUT2D eigenvalue weighted by Crippen LogP contribution is 2.59. The van der Waals surface area contributed by atoms with E-state index in [1.54, 1.807) is 17.7 Å². The Bertz CT molecular complexity index is 1120. The maximum Gasteiger partial charge on any atom is 0.274 e. The third kappa shape index (κ3) is 4.90. The molecule has 200 valence electrons. The van der Waals surface area contributed by atoms with Crippen LogP contribution < -0.4 is 5.32 Å². The summed E-state index contributed by atoms with van der Waals surface area (Å²) in [6.45, 7) is 3.73. The van der Waals surface area contributed by atoms with Gasteiger partial charge in [-0.3, -0.25) is 14.0 Å². The molecular weight excluding hydrogens is 466 g/mol. The summed E-state index contributed by atoms with van der Waals surface area (Å²) in [6.07, 6.45) is 11.6. The van der Waals surface area contributed by atoms with Crippen molar-refractivity contribution in [2.75, 3.05) is 46.9 Å². The second-order valence-electron chi connectivity index (χ2n) is 12.4. The molecule has 5 fully saturated rings. The van der Waals surface area contributed by atoms with Crippen LogP contribution in [0, 0.1) is 23.2 Å². The van der Waals surface area contributed by atoms with E-state index in [0.29, 0.717) is 30.2 Å². The van der Waals surface area contributed by atoms with E-state index >= 15 is 0 Å². The highest BCUT2D eigenvalue weighted by atomic mass is 16.5. The zero-order chi connectivity index (χ0) is 25.6. The van der Waals surface area contributed by atoms with Crippen molar-refractivity contribution in [1.82, 2.24) is 24.5 Å². The zero-order valence-electron chi connectivity index (χ0n) is 22.3. The maximum atomic E-state index is 13.6. The second kappa shape index (κ2) is 10.0. The number of imidazole rings is 1. The van der Waals surface area contributed by atoms with Gasteiger partial charge in [-0.05, 0) is 107 Å². The van der Waals surface area contributed by atoms with Crippen LogP contribution in [-0.4, -0.2) is 84.0 Å². The van der Waals surface area contributed by atoms with Crippen LogP contribution >= 0.6 is 0 Å². The molecule has 0 spiro atoms. The maximum absolute atomic E-state index is 13.6. The van der Waals surface area contributed by atoms with Crippen molar-refractivity contribution < 1.29 is 14.3 Å². The van der Waals surface area contributed by atoms with E-state index in [0.717, 1.165) is 50.2 Å². The molecule has 1 N–H and O–H groups in total. The standard InChI is InChI=1S/C29H41N5O3/c1-32-8-6-23(7-9-32)33(10-11-37-2)28(36)24-18-34-25(4-3-5-26(34)31-24)27(35)30-19-29-15-20-12-21(16-29)14-22(13-20)17-29/h3-5,18,20-23H,6-17,19H2,1-2H3,(H,30,35). The van der Waals surface area contributed by atoms with Crippen LogP contribution in [0.3, 0.4) is 0 Å². The molecule has 5 aliphatic rings. The number of hydrogen-bond donors (Lipinski definition) is 1. The number of aromatic nitrogens is 2. The van der Waals surface area contributed by atoms with Crippen molar-refractivity contribution in [2.24, 2.45) is 23.2 Å². The van der Waals surface area contributed by atoms with Crippen LogP contribution in [0.2, 0.25) is 0 Å².